The molecule has 0 saturated heterocycles. The van der Waals surface area contributed by atoms with Crippen LogP contribution in [0.25, 0.3) is 10.4 Å². The Kier molecular flexibility index (Phi) is 5.05. The predicted molar refractivity (Wildman–Crippen MR) is 99.5 cm³/mol. The largest absolute Gasteiger partial charge is 0.497 e. The number of aromatic nitrogens is 1. The summed E-state index contributed by atoms with van der Waals surface area (Å²) >= 11 is 5.00. The lowest BCUT2D eigenvalue weighted by Gasteiger charge is -1.99. The summed E-state index contributed by atoms with van der Waals surface area (Å²) in [5.74, 6) is 0.828. The normalized spacial score (nSPS) is 10.9. The average molecular weight is 388 g/mol. The topological polar surface area (TPSA) is 46.5 Å². The van der Waals surface area contributed by atoms with Gasteiger partial charge in [-0.2, -0.15) is 5.10 Å². The molecule has 0 saturated carbocycles. The van der Waals surface area contributed by atoms with Gasteiger partial charge in [-0.1, -0.05) is 39.4 Å². The van der Waals surface area contributed by atoms with Crippen molar-refractivity contribution in [3.05, 3.63) is 64.8 Å². The van der Waals surface area contributed by atoms with E-state index in [1.165, 1.54) is 0 Å². The second-order valence-corrected chi connectivity index (χ2v) is 6.63. The number of nitrogens with zero attached hydrogens (tertiary/aromatic N) is 2. The van der Waals surface area contributed by atoms with Crippen LogP contribution in [0.1, 0.15) is 5.56 Å². The number of rotatable bonds is 5. The molecule has 3 aromatic rings. The van der Waals surface area contributed by atoms with Crippen LogP contribution in [0.5, 0.6) is 5.75 Å². The van der Waals surface area contributed by atoms with E-state index in [9.17, 15) is 0 Å². The Hall–Kier alpha value is -2.18. The lowest BCUT2D eigenvalue weighted by atomic mass is 10.2. The highest BCUT2D eigenvalue weighted by Gasteiger charge is 2.03. The van der Waals surface area contributed by atoms with Crippen molar-refractivity contribution >= 4 is 38.6 Å². The molecule has 1 aromatic heterocycles. The van der Waals surface area contributed by atoms with Gasteiger partial charge in [-0.3, -0.25) is 5.43 Å². The smallest absolute Gasteiger partial charge is 0.203 e. The highest BCUT2D eigenvalue weighted by Crippen LogP contribution is 2.29. The zero-order chi connectivity index (χ0) is 16.1. The van der Waals surface area contributed by atoms with Crippen LogP contribution in [-0.2, 0) is 0 Å². The van der Waals surface area contributed by atoms with E-state index >= 15 is 0 Å². The summed E-state index contributed by atoms with van der Waals surface area (Å²) in [6.07, 6.45) is 3.60. The highest BCUT2D eigenvalue weighted by atomic mass is 79.9. The Labute approximate surface area is 147 Å². The first kappa shape index (κ1) is 15.7. The van der Waals surface area contributed by atoms with Gasteiger partial charge >= 0.3 is 0 Å². The van der Waals surface area contributed by atoms with E-state index in [-0.39, 0.29) is 0 Å². The molecule has 3 rings (SSSR count). The molecule has 0 atom stereocenters. The van der Waals surface area contributed by atoms with E-state index in [1.807, 2.05) is 42.6 Å². The van der Waals surface area contributed by atoms with Crippen molar-refractivity contribution in [1.29, 1.82) is 0 Å². The quantitative estimate of drug-likeness (QED) is 0.493. The van der Waals surface area contributed by atoms with Gasteiger partial charge in [0.05, 0.1) is 18.2 Å². The van der Waals surface area contributed by atoms with Crippen molar-refractivity contribution in [1.82, 2.24) is 4.98 Å². The zero-order valence-corrected chi connectivity index (χ0v) is 14.8. The molecule has 4 nitrogen and oxygen atoms in total. The van der Waals surface area contributed by atoms with Crippen molar-refractivity contribution in [3.8, 4) is 16.2 Å². The van der Waals surface area contributed by atoms with E-state index in [2.05, 4.69) is 43.6 Å². The number of hydrogen-bond acceptors (Lipinski definition) is 5. The molecular formula is C17H14BrN3OS. The molecular weight excluding hydrogens is 374 g/mol. The molecule has 0 unspecified atom stereocenters. The van der Waals surface area contributed by atoms with Crippen LogP contribution in [0.4, 0.5) is 5.13 Å². The van der Waals surface area contributed by atoms with Crippen molar-refractivity contribution < 1.29 is 4.74 Å². The summed E-state index contributed by atoms with van der Waals surface area (Å²) in [5.41, 5.74) is 5.09. The molecule has 0 aliphatic heterocycles. The molecule has 116 valence electrons. The maximum atomic E-state index is 5.12. The van der Waals surface area contributed by atoms with Gasteiger partial charge < -0.3 is 4.74 Å². The van der Waals surface area contributed by atoms with Gasteiger partial charge in [0, 0.05) is 10.7 Å². The van der Waals surface area contributed by atoms with Crippen molar-refractivity contribution in [2.24, 2.45) is 5.10 Å². The molecule has 2 aromatic carbocycles. The summed E-state index contributed by atoms with van der Waals surface area (Å²) in [6, 6.07) is 15.8. The van der Waals surface area contributed by atoms with Gasteiger partial charge in [0.25, 0.3) is 0 Å². The first-order valence-electron chi connectivity index (χ1n) is 6.89. The van der Waals surface area contributed by atoms with Crippen LogP contribution in [0.2, 0.25) is 0 Å². The van der Waals surface area contributed by atoms with Crippen LogP contribution in [0, 0.1) is 0 Å². The maximum Gasteiger partial charge on any atom is 0.203 e. The van der Waals surface area contributed by atoms with E-state index in [1.54, 1.807) is 24.7 Å². The van der Waals surface area contributed by atoms with Crippen LogP contribution in [-0.4, -0.2) is 18.3 Å². The monoisotopic (exact) mass is 387 g/mol. The fourth-order valence-electron chi connectivity index (χ4n) is 1.93. The standard InChI is InChI=1S/C17H14BrN3OS/c1-22-15-8-2-12(3-9-15)10-20-21-17-19-11-16(23-17)13-4-6-14(18)7-5-13/h2-11H,1H3,(H,19,21)/b20-10+. The highest BCUT2D eigenvalue weighted by molar-refractivity contribution is 9.10. The van der Waals surface area contributed by atoms with Crippen molar-refractivity contribution in [2.75, 3.05) is 12.5 Å². The van der Waals surface area contributed by atoms with E-state index in [0.717, 1.165) is 31.4 Å². The third-order valence-corrected chi connectivity index (χ3v) is 4.60. The van der Waals surface area contributed by atoms with Crippen molar-refractivity contribution in [2.45, 2.75) is 0 Å². The van der Waals surface area contributed by atoms with Gasteiger partial charge in [0.15, 0.2) is 0 Å². The summed E-state index contributed by atoms with van der Waals surface area (Å²) in [4.78, 5) is 5.43. The summed E-state index contributed by atoms with van der Waals surface area (Å²) in [5, 5.41) is 4.97. The molecule has 0 aliphatic carbocycles. The molecule has 0 spiro atoms. The first-order valence-corrected chi connectivity index (χ1v) is 8.50. The Balaban J connectivity index is 1.64. The fraction of sp³-hybridized carbons (Fsp3) is 0.0588. The van der Waals surface area contributed by atoms with Gasteiger partial charge in [0.1, 0.15) is 5.75 Å². The number of hydrazone groups is 1. The van der Waals surface area contributed by atoms with Crippen LogP contribution in [0.15, 0.2) is 64.3 Å². The van der Waals surface area contributed by atoms with Gasteiger partial charge in [-0.15, -0.1) is 0 Å². The van der Waals surface area contributed by atoms with E-state index in [0.29, 0.717) is 0 Å². The van der Waals surface area contributed by atoms with Crippen molar-refractivity contribution in [3.63, 3.8) is 0 Å². The Bertz CT molecular complexity index is 797. The molecule has 6 heteroatoms. The number of anilines is 1. The minimum atomic E-state index is 0.757. The number of halogens is 1. The second kappa shape index (κ2) is 7.39. The number of hydrogen-bond donors (Lipinski definition) is 1. The Morgan fingerprint density at radius 1 is 1.13 bits per heavy atom. The van der Waals surface area contributed by atoms with E-state index in [4.69, 9.17) is 4.74 Å². The minimum absolute atomic E-state index is 0.757. The number of benzene rings is 2. The summed E-state index contributed by atoms with van der Waals surface area (Å²) in [6.45, 7) is 0. The molecule has 1 N–H and O–H groups in total. The van der Waals surface area contributed by atoms with Gasteiger partial charge in [-0.05, 0) is 47.5 Å². The molecule has 1 heterocycles. The summed E-state index contributed by atoms with van der Waals surface area (Å²) < 4.78 is 6.19. The van der Waals surface area contributed by atoms with Gasteiger partial charge in [-0.25, -0.2) is 4.98 Å². The number of nitrogens with one attached hydrogen (secondary N) is 1. The number of thiazole rings is 1. The van der Waals surface area contributed by atoms with E-state index < -0.39 is 0 Å². The van der Waals surface area contributed by atoms with Crippen LogP contribution in [0.3, 0.4) is 0 Å². The third-order valence-electron chi connectivity index (χ3n) is 3.12. The SMILES string of the molecule is COc1ccc(/C=N/Nc2ncc(-c3ccc(Br)cc3)s2)cc1. The lowest BCUT2D eigenvalue weighted by molar-refractivity contribution is 0.415. The fourth-order valence-corrected chi connectivity index (χ4v) is 2.96. The molecule has 0 fully saturated rings. The first-order chi connectivity index (χ1) is 11.2. The summed E-state index contributed by atoms with van der Waals surface area (Å²) in [7, 11) is 1.65. The average Bonchev–Trinajstić information content (AvgIpc) is 3.05. The second-order valence-electron chi connectivity index (χ2n) is 4.68. The maximum absolute atomic E-state index is 5.12. The van der Waals surface area contributed by atoms with Crippen LogP contribution < -0.4 is 10.2 Å². The third kappa shape index (κ3) is 4.18. The Morgan fingerprint density at radius 2 is 1.87 bits per heavy atom. The van der Waals surface area contributed by atoms with Crippen LogP contribution >= 0.6 is 27.3 Å². The van der Waals surface area contributed by atoms with Gasteiger partial charge in [0.2, 0.25) is 5.13 Å². The predicted octanol–water partition coefficient (Wildman–Crippen LogP) is 5.03. The molecule has 0 amide bonds. The molecule has 0 bridgehead atoms. The minimum Gasteiger partial charge on any atom is -0.497 e. The molecule has 23 heavy (non-hydrogen) atoms. The lowest BCUT2D eigenvalue weighted by Crippen LogP contribution is -1.89. The Morgan fingerprint density at radius 3 is 2.57 bits per heavy atom. The number of ether oxygens (including phenoxy) is 1. The number of methoxy groups -OCH3 is 1. The molecule has 0 aliphatic rings. The zero-order valence-electron chi connectivity index (χ0n) is 12.4. The molecule has 0 radical (unpaired) electrons.